The number of hydrogen-bond donors (Lipinski definition) is 0. The van der Waals surface area contributed by atoms with Crippen molar-refractivity contribution in [3.8, 4) is 5.75 Å². The van der Waals surface area contributed by atoms with E-state index in [4.69, 9.17) is 23.7 Å². The molecule has 150 valence electrons. The van der Waals surface area contributed by atoms with Crippen molar-refractivity contribution in [2.75, 3.05) is 34.5 Å². The molecule has 0 bridgehead atoms. The number of esters is 2. The molecular formula is C21H24O7. The summed E-state index contributed by atoms with van der Waals surface area (Å²) < 4.78 is 27.3. The molecule has 2 aliphatic rings. The summed E-state index contributed by atoms with van der Waals surface area (Å²) in [5.74, 6) is -2.24. The van der Waals surface area contributed by atoms with Gasteiger partial charge in [-0.25, -0.2) is 9.59 Å². The van der Waals surface area contributed by atoms with Crippen LogP contribution in [-0.4, -0.2) is 52.3 Å². The van der Waals surface area contributed by atoms with Crippen molar-refractivity contribution in [1.82, 2.24) is 0 Å². The van der Waals surface area contributed by atoms with E-state index in [2.05, 4.69) is 0 Å². The van der Waals surface area contributed by atoms with Crippen LogP contribution in [0.15, 0.2) is 41.5 Å². The fourth-order valence-electron chi connectivity index (χ4n) is 3.26. The third-order valence-electron chi connectivity index (χ3n) is 4.77. The van der Waals surface area contributed by atoms with Crippen LogP contribution < -0.4 is 4.74 Å². The van der Waals surface area contributed by atoms with Gasteiger partial charge in [-0.05, 0) is 23.8 Å². The first-order valence-corrected chi connectivity index (χ1v) is 8.84. The van der Waals surface area contributed by atoms with Crippen molar-refractivity contribution >= 4 is 17.5 Å². The molecule has 1 saturated heterocycles. The molecule has 0 saturated carbocycles. The minimum absolute atomic E-state index is 0.0110. The van der Waals surface area contributed by atoms with E-state index >= 15 is 0 Å². The van der Waals surface area contributed by atoms with Gasteiger partial charge in [0.15, 0.2) is 0 Å². The Balaban J connectivity index is 2.17. The SMILES string of the molecule is COC(=O)C1=C(C(=O)OC)C2(OCC(C)(C)CO2)C(c2ccc(OC)cc2)=C1. The zero-order valence-corrected chi connectivity index (χ0v) is 16.7. The normalized spacial score (nSPS) is 20.0. The molecule has 7 heteroatoms. The summed E-state index contributed by atoms with van der Waals surface area (Å²) in [4.78, 5) is 25.1. The summed E-state index contributed by atoms with van der Waals surface area (Å²) in [7, 11) is 4.07. The largest absolute Gasteiger partial charge is 0.497 e. The number of carbonyl (C=O) groups is 2. The fourth-order valence-corrected chi connectivity index (χ4v) is 3.26. The molecule has 0 amide bonds. The summed E-state index contributed by atoms with van der Waals surface area (Å²) in [5, 5.41) is 0. The van der Waals surface area contributed by atoms with Gasteiger partial charge in [0.05, 0.1) is 40.1 Å². The van der Waals surface area contributed by atoms with Gasteiger partial charge in [0.1, 0.15) is 11.3 Å². The molecule has 1 heterocycles. The van der Waals surface area contributed by atoms with Crippen molar-refractivity contribution in [2.45, 2.75) is 19.6 Å². The molecule has 1 spiro atoms. The Morgan fingerprint density at radius 1 is 0.929 bits per heavy atom. The highest BCUT2D eigenvalue weighted by atomic mass is 16.7. The monoisotopic (exact) mass is 388 g/mol. The fraction of sp³-hybridized carbons (Fsp3) is 0.429. The number of benzene rings is 1. The summed E-state index contributed by atoms with van der Waals surface area (Å²) in [5.41, 5.74) is 1.06. The van der Waals surface area contributed by atoms with E-state index in [0.29, 0.717) is 24.5 Å². The minimum Gasteiger partial charge on any atom is -0.497 e. The average molecular weight is 388 g/mol. The van der Waals surface area contributed by atoms with Crippen LogP contribution in [-0.2, 0) is 28.5 Å². The van der Waals surface area contributed by atoms with Crippen LogP contribution >= 0.6 is 0 Å². The maximum absolute atomic E-state index is 12.7. The van der Waals surface area contributed by atoms with Crippen LogP contribution in [0.2, 0.25) is 0 Å². The van der Waals surface area contributed by atoms with Gasteiger partial charge in [-0.15, -0.1) is 0 Å². The number of hydrogen-bond acceptors (Lipinski definition) is 7. The third kappa shape index (κ3) is 3.31. The Morgan fingerprint density at radius 2 is 1.50 bits per heavy atom. The lowest BCUT2D eigenvalue weighted by molar-refractivity contribution is -0.245. The summed E-state index contributed by atoms with van der Waals surface area (Å²) in [6.07, 6.45) is 1.57. The smallest absolute Gasteiger partial charge is 0.340 e. The Morgan fingerprint density at radius 3 is 2.00 bits per heavy atom. The predicted octanol–water partition coefficient (Wildman–Crippen LogP) is 2.50. The summed E-state index contributed by atoms with van der Waals surface area (Å²) >= 11 is 0. The minimum atomic E-state index is -1.54. The second-order valence-electron chi connectivity index (χ2n) is 7.42. The van der Waals surface area contributed by atoms with E-state index in [-0.39, 0.29) is 16.6 Å². The number of carbonyl (C=O) groups excluding carboxylic acids is 2. The van der Waals surface area contributed by atoms with Crippen LogP contribution in [0.3, 0.4) is 0 Å². The highest BCUT2D eigenvalue weighted by Crippen LogP contribution is 2.49. The second-order valence-corrected chi connectivity index (χ2v) is 7.42. The standard InChI is InChI=1S/C21H24O7/c1-20(2)11-27-21(28-12-20)16(13-6-8-14(24-3)9-7-13)10-15(18(22)25-4)17(21)19(23)26-5/h6-10H,11-12H2,1-5H3. The molecule has 1 fully saturated rings. The highest BCUT2D eigenvalue weighted by Gasteiger charge is 2.55. The Kier molecular flexibility index (Phi) is 5.32. The predicted molar refractivity (Wildman–Crippen MR) is 100 cm³/mol. The maximum Gasteiger partial charge on any atom is 0.340 e. The lowest BCUT2D eigenvalue weighted by Crippen LogP contribution is -2.50. The Hall–Kier alpha value is -2.64. The first-order valence-electron chi connectivity index (χ1n) is 8.84. The van der Waals surface area contributed by atoms with Gasteiger partial charge in [-0.1, -0.05) is 26.0 Å². The van der Waals surface area contributed by atoms with E-state index in [0.717, 1.165) is 5.56 Å². The maximum atomic E-state index is 12.7. The number of ether oxygens (including phenoxy) is 5. The van der Waals surface area contributed by atoms with E-state index in [1.807, 2.05) is 26.0 Å². The highest BCUT2D eigenvalue weighted by molar-refractivity contribution is 6.10. The zero-order valence-electron chi connectivity index (χ0n) is 16.7. The van der Waals surface area contributed by atoms with Crippen molar-refractivity contribution in [1.29, 1.82) is 0 Å². The van der Waals surface area contributed by atoms with Crippen molar-refractivity contribution in [3.05, 3.63) is 47.1 Å². The van der Waals surface area contributed by atoms with E-state index in [1.54, 1.807) is 25.3 Å². The van der Waals surface area contributed by atoms with E-state index in [1.165, 1.54) is 14.2 Å². The molecule has 0 N–H and O–H groups in total. The van der Waals surface area contributed by atoms with Crippen molar-refractivity contribution < 1.29 is 33.3 Å². The molecule has 1 aliphatic carbocycles. The van der Waals surface area contributed by atoms with Crippen molar-refractivity contribution in [3.63, 3.8) is 0 Å². The van der Waals surface area contributed by atoms with Crippen LogP contribution in [0.5, 0.6) is 5.75 Å². The van der Waals surface area contributed by atoms with Crippen LogP contribution in [0, 0.1) is 5.41 Å². The number of rotatable bonds is 4. The zero-order chi connectivity index (χ0) is 20.5. The van der Waals surface area contributed by atoms with Gasteiger partial charge < -0.3 is 23.7 Å². The van der Waals surface area contributed by atoms with Gasteiger partial charge in [0.2, 0.25) is 5.79 Å². The van der Waals surface area contributed by atoms with Gasteiger partial charge in [0, 0.05) is 11.0 Å². The molecule has 28 heavy (non-hydrogen) atoms. The van der Waals surface area contributed by atoms with E-state index in [9.17, 15) is 9.59 Å². The van der Waals surface area contributed by atoms with Crippen molar-refractivity contribution in [2.24, 2.45) is 5.41 Å². The molecule has 0 unspecified atom stereocenters. The molecular weight excluding hydrogens is 364 g/mol. The molecule has 0 atom stereocenters. The van der Waals surface area contributed by atoms with Gasteiger partial charge in [-0.2, -0.15) is 0 Å². The molecule has 0 radical (unpaired) electrons. The summed E-state index contributed by atoms with van der Waals surface area (Å²) in [6.45, 7) is 4.65. The van der Waals surface area contributed by atoms with Gasteiger partial charge >= 0.3 is 11.9 Å². The molecule has 1 aromatic rings. The lowest BCUT2D eigenvalue weighted by atomic mass is 9.90. The summed E-state index contributed by atoms with van der Waals surface area (Å²) in [6, 6.07) is 7.19. The third-order valence-corrected chi connectivity index (χ3v) is 4.77. The molecule has 1 aliphatic heterocycles. The molecule has 0 aromatic heterocycles. The van der Waals surface area contributed by atoms with Crippen LogP contribution in [0.25, 0.3) is 5.57 Å². The average Bonchev–Trinajstić information content (AvgIpc) is 3.04. The lowest BCUT2D eigenvalue weighted by Gasteiger charge is -2.43. The number of methoxy groups -OCH3 is 3. The first kappa shape index (κ1) is 20.1. The Labute approximate surface area is 163 Å². The van der Waals surface area contributed by atoms with Gasteiger partial charge in [0.25, 0.3) is 0 Å². The second kappa shape index (κ2) is 7.41. The Bertz CT molecular complexity index is 836. The topological polar surface area (TPSA) is 80.3 Å². The quantitative estimate of drug-likeness (QED) is 0.733. The van der Waals surface area contributed by atoms with E-state index < -0.39 is 17.7 Å². The molecule has 3 rings (SSSR count). The van der Waals surface area contributed by atoms with Crippen LogP contribution in [0.1, 0.15) is 19.4 Å². The molecule has 7 nitrogen and oxygen atoms in total. The van der Waals surface area contributed by atoms with Crippen LogP contribution in [0.4, 0.5) is 0 Å². The van der Waals surface area contributed by atoms with Gasteiger partial charge in [-0.3, -0.25) is 0 Å². The first-order chi connectivity index (χ1) is 13.3. The molecule has 1 aromatic carbocycles.